The van der Waals surface area contributed by atoms with Crippen molar-refractivity contribution in [3.63, 3.8) is 0 Å². The molecule has 0 spiro atoms. The molecule has 2 aromatic rings. The molecule has 2 aromatic carbocycles. The van der Waals surface area contributed by atoms with Crippen LogP contribution in [0.1, 0.15) is 11.1 Å². The number of anilines is 2. The Morgan fingerprint density at radius 3 is 2.53 bits per heavy atom. The van der Waals surface area contributed by atoms with Crippen LogP contribution in [-0.2, 0) is 0 Å². The number of hydrogen-bond acceptors (Lipinski definition) is 2. The van der Waals surface area contributed by atoms with Gasteiger partial charge >= 0.3 is 0 Å². The van der Waals surface area contributed by atoms with Crippen LogP contribution in [0.15, 0.2) is 36.4 Å². The number of nitrogens with one attached hydrogen (secondary N) is 1. The lowest BCUT2D eigenvalue weighted by Gasteiger charge is -2.14. The van der Waals surface area contributed by atoms with Crippen molar-refractivity contribution in [1.29, 1.82) is 0 Å². The molecule has 0 aliphatic carbocycles. The predicted molar refractivity (Wildman–Crippen MR) is 81.8 cm³/mol. The summed E-state index contributed by atoms with van der Waals surface area (Å²) in [4.78, 5) is 0.196. The van der Waals surface area contributed by atoms with Gasteiger partial charge in [0.2, 0.25) is 0 Å². The fourth-order valence-electron chi connectivity index (χ4n) is 1.77. The van der Waals surface area contributed by atoms with E-state index in [0.29, 0.717) is 27.5 Å². The van der Waals surface area contributed by atoms with E-state index in [9.17, 15) is 4.39 Å². The van der Waals surface area contributed by atoms with E-state index in [1.807, 2.05) is 0 Å². The maximum absolute atomic E-state index is 13.5. The molecule has 0 heterocycles. The zero-order chi connectivity index (χ0) is 14.0. The van der Waals surface area contributed by atoms with E-state index >= 15 is 0 Å². The summed E-state index contributed by atoms with van der Waals surface area (Å²) in [5.41, 5.74) is 8.07. The van der Waals surface area contributed by atoms with Crippen molar-refractivity contribution in [2.45, 2.75) is 6.92 Å². The molecule has 0 unspecified atom stereocenters. The van der Waals surface area contributed by atoms with Gasteiger partial charge in [0.25, 0.3) is 0 Å². The van der Waals surface area contributed by atoms with Crippen molar-refractivity contribution in [3.8, 4) is 0 Å². The second-order valence-corrected chi connectivity index (χ2v) is 4.91. The SMILES string of the molecule is Cc1c(F)cccc1Nc1cccc(Cl)c1C(N)=S. The first-order chi connectivity index (χ1) is 9.00. The van der Waals surface area contributed by atoms with E-state index in [1.54, 1.807) is 37.3 Å². The highest BCUT2D eigenvalue weighted by Crippen LogP contribution is 2.29. The normalized spacial score (nSPS) is 10.3. The van der Waals surface area contributed by atoms with Crippen molar-refractivity contribution < 1.29 is 4.39 Å². The first kappa shape index (κ1) is 13.8. The van der Waals surface area contributed by atoms with Gasteiger partial charge in [-0.25, -0.2) is 4.39 Å². The smallest absolute Gasteiger partial charge is 0.128 e. The second kappa shape index (κ2) is 5.55. The third kappa shape index (κ3) is 2.85. The summed E-state index contributed by atoms with van der Waals surface area (Å²) in [5.74, 6) is -0.274. The topological polar surface area (TPSA) is 38.0 Å². The highest BCUT2D eigenvalue weighted by molar-refractivity contribution is 7.80. The molecular formula is C14H12ClFN2S. The fraction of sp³-hybridized carbons (Fsp3) is 0.0714. The predicted octanol–water partition coefficient (Wildman–Crippen LogP) is 4.17. The Kier molecular flexibility index (Phi) is 4.02. The highest BCUT2D eigenvalue weighted by atomic mass is 35.5. The maximum Gasteiger partial charge on any atom is 0.128 e. The maximum atomic E-state index is 13.5. The summed E-state index contributed by atoms with van der Waals surface area (Å²) in [6, 6.07) is 10.1. The minimum atomic E-state index is -0.274. The molecule has 0 atom stereocenters. The standard InChI is InChI=1S/C14H12ClFN2S/c1-8-10(16)5-3-6-11(8)18-12-7-2-4-9(15)13(12)14(17)19/h2-7,18H,1H3,(H2,17,19). The molecular weight excluding hydrogens is 283 g/mol. The van der Waals surface area contributed by atoms with Gasteiger partial charge in [0.15, 0.2) is 0 Å². The van der Waals surface area contributed by atoms with Gasteiger partial charge in [-0.3, -0.25) is 0 Å². The molecule has 5 heteroatoms. The highest BCUT2D eigenvalue weighted by Gasteiger charge is 2.11. The van der Waals surface area contributed by atoms with Gasteiger partial charge in [-0.15, -0.1) is 0 Å². The molecule has 0 aromatic heterocycles. The molecule has 0 aliphatic rings. The molecule has 3 N–H and O–H groups in total. The summed E-state index contributed by atoms with van der Waals surface area (Å²) in [6.07, 6.45) is 0. The van der Waals surface area contributed by atoms with Gasteiger partial charge in [0.1, 0.15) is 10.8 Å². The van der Waals surface area contributed by atoms with E-state index in [4.69, 9.17) is 29.6 Å². The third-order valence-electron chi connectivity index (χ3n) is 2.80. The number of thiocarbonyl (C=S) groups is 1. The first-order valence-corrected chi connectivity index (χ1v) is 6.40. The van der Waals surface area contributed by atoms with E-state index in [-0.39, 0.29) is 10.8 Å². The van der Waals surface area contributed by atoms with Crippen LogP contribution in [0.4, 0.5) is 15.8 Å². The Balaban J connectivity index is 2.47. The van der Waals surface area contributed by atoms with Gasteiger partial charge < -0.3 is 11.1 Å². The lowest BCUT2D eigenvalue weighted by molar-refractivity contribution is 0.619. The van der Waals surface area contributed by atoms with Crippen molar-refractivity contribution in [2.75, 3.05) is 5.32 Å². The van der Waals surface area contributed by atoms with Gasteiger partial charge in [-0.05, 0) is 31.2 Å². The van der Waals surface area contributed by atoms with E-state index < -0.39 is 0 Å². The number of hydrogen-bond donors (Lipinski definition) is 2. The molecule has 0 bridgehead atoms. The lowest BCUT2D eigenvalue weighted by Crippen LogP contribution is -2.13. The summed E-state index contributed by atoms with van der Waals surface area (Å²) in [5, 5.41) is 3.58. The van der Waals surface area contributed by atoms with E-state index in [0.717, 1.165) is 0 Å². The van der Waals surface area contributed by atoms with Gasteiger partial charge in [-0.2, -0.15) is 0 Å². The van der Waals surface area contributed by atoms with Crippen molar-refractivity contribution >= 4 is 40.2 Å². The summed E-state index contributed by atoms with van der Waals surface area (Å²) in [7, 11) is 0. The third-order valence-corrected chi connectivity index (χ3v) is 3.32. The average molecular weight is 295 g/mol. The molecule has 2 nitrogen and oxygen atoms in total. The Morgan fingerprint density at radius 2 is 1.84 bits per heavy atom. The average Bonchev–Trinajstić information content (AvgIpc) is 2.34. The van der Waals surface area contributed by atoms with E-state index in [2.05, 4.69) is 5.32 Å². The number of benzene rings is 2. The molecule has 0 fully saturated rings. The minimum Gasteiger partial charge on any atom is -0.389 e. The van der Waals surface area contributed by atoms with Crippen LogP contribution in [0.25, 0.3) is 0 Å². The van der Waals surface area contributed by atoms with Crippen LogP contribution >= 0.6 is 23.8 Å². The van der Waals surface area contributed by atoms with Gasteiger partial charge in [-0.1, -0.05) is 36.0 Å². The molecule has 0 aliphatic heterocycles. The number of halogens is 2. The van der Waals surface area contributed by atoms with E-state index in [1.165, 1.54) is 6.07 Å². The molecule has 2 rings (SSSR count). The minimum absolute atomic E-state index is 0.196. The molecule has 0 saturated carbocycles. The quantitative estimate of drug-likeness (QED) is 0.835. The van der Waals surface area contributed by atoms with Crippen LogP contribution in [0.3, 0.4) is 0 Å². The summed E-state index contributed by atoms with van der Waals surface area (Å²) in [6.45, 7) is 1.70. The van der Waals surface area contributed by atoms with Crippen LogP contribution in [0, 0.1) is 12.7 Å². The Morgan fingerprint density at radius 1 is 1.21 bits per heavy atom. The Labute approximate surface area is 121 Å². The molecule has 0 saturated heterocycles. The largest absolute Gasteiger partial charge is 0.389 e. The van der Waals surface area contributed by atoms with Crippen molar-refractivity contribution in [3.05, 3.63) is 58.4 Å². The summed E-state index contributed by atoms with van der Waals surface area (Å²) < 4.78 is 13.5. The Hall–Kier alpha value is -1.65. The van der Waals surface area contributed by atoms with Crippen molar-refractivity contribution in [2.24, 2.45) is 5.73 Å². The van der Waals surface area contributed by atoms with Crippen LogP contribution in [0.2, 0.25) is 5.02 Å². The fourth-order valence-corrected chi connectivity index (χ4v) is 2.32. The first-order valence-electron chi connectivity index (χ1n) is 5.61. The van der Waals surface area contributed by atoms with Crippen LogP contribution in [0.5, 0.6) is 0 Å². The van der Waals surface area contributed by atoms with Crippen LogP contribution in [-0.4, -0.2) is 4.99 Å². The zero-order valence-electron chi connectivity index (χ0n) is 10.2. The molecule has 0 radical (unpaired) electrons. The van der Waals surface area contributed by atoms with Gasteiger partial charge in [0.05, 0.1) is 16.3 Å². The Bertz CT molecular complexity index is 643. The second-order valence-electron chi connectivity index (χ2n) is 4.06. The van der Waals surface area contributed by atoms with Crippen molar-refractivity contribution in [1.82, 2.24) is 0 Å². The lowest BCUT2D eigenvalue weighted by atomic mass is 10.1. The van der Waals surface area contributed by atoms with Crippen LogP contribution < -0.4 is 11.1 Å². The molecule has 98 valence electrons. The monoisotopic (exact) mass is 294 g/mol. The number of nitrogens with two attached hydrogens (primary N) is 1. The van der Waals surface area contributed by atoms with Gasteiger partial charge in [0, 0.05) is 11.3 Å². The molecule has 19 heavy (non-hydrogen) atoms. The zero-order valence-corrected chi connectivity index (χ0v) is 11.8. The summed E-state index contributed by atoms with van der Waals surface area (Å²) >= 11 is 11.1. The number of rotatable bonds is 3. The molecule has 0 amide bonds.